The summed E-state index contributed by atoms with van der Waals surface area (Å²) in [5.74, 6) is 0.684. The highest BCUT2D eigenvalue weighted by molar-refractivity contribution is 5.95. The lowest BCUT2D eigenvalue weighted by atomic mass is 9.74. The second-order valence-electron chi connectivity index (χ2n) is 8.29. The second-order valence-corrected chi connectivity index (χ2v) is 8.29. The standard InChI is InChI=1S/C21H24N8O/c1-4-18(30)26-21(2)8-13(9-21)24-20-23-11-15-14(10-22-19(15)25-20)12-5-6-16-17(7-12)29(3)28-27-16/h5-7,10-11,13H,4,8-9H2,1-3H3,(H,26,30)(H2,22,23,24,25). The molecule has 30 heavy (non-hydrogen) atoms. The Morgan fingerprint density at radius 1 is 1.37 bits per heavy atom. The Labute approximate surface area is 173 Å². The molecule has 5 rings (SSSR count). The minimum absolute atomic E-state index is 0.0904. The number of carbonyl (C=O) groups excluding carboxylic acids is 1. The summed E-state index contributed by atoms with van der Waals surface area (Å²) >= 11 is 0. The predicted octanol–water partition coefficient (Wildman–Crippen LogP) is 2.77. The Morgan fingerprint density at radius 2 is 2.20 bits per heavy atom. The van der Waals surface area contributed by atoms with Gasteiger partial charge in [0.25, 0.3) is 0 Å². The fourth-order valence-corrected chi connectivity index (χ4v) is 4.25. The number of carbonyl (C=O) groups is 1. The molecule has 0 aliphatic heterocycles. The number of hydrogen-bond acceptors (Lipinski definition) is 6. The molecule has 3 aromatic heterocycles. The van der Waals surface area contributed by atoms with E-state index in [0.29, 0.717) is 12.4 Å². The zero-order chi connectivity index (χ0) is 20.9. The van der Waals surface area contributed by atoms with Crippen LogP contribution in [0.15, 0.2) is 30.6 Å². The average molecular weight is 404 g/mol. The third kappa shape index (κ3) is 3.16. The molecule has 3 heterocycles. The molecule has 1 saturated carbocycles. The topological polar surface area (TPSA) is 113 Å². The summed E-state index contributed by atoms with van der Waals surface area (Å²) in [5, 5.41) is 15.6. The van der Waals surface area contributed by atoms with E-state index in [2.05, 4.69) is 48.9 Å². The molecule has 1 amide bonds. The Balaban J connectivity index is 1.34. The molecule has 0 bridgehead atoms. The van der Waals surface area contributed by atoms with Gasteiger partial charge in [-0.25, -0.2) is 9.67 Å². The van der Waals surface area contributed by atoms with E-state index in [9.17, 15) is 4.79 Å². The Hall–Kier alpha value is -3.49. The van der Waals surface area contributed by atoms with Crippen LogP contribution >= 0.6 is 0 Å². The fourth-order valence-electron chi connectivity index (χ4n) is 4.25. The summed E-state index contributed by atoms with van der Waals surface area (Å²) in [5.41, 5.74) is 4.58. The largest absolute Gasteiger partial charge is 0.351 e. The first-order chi connectivity index (χ1) is 14.4. The van der Waals surface area contributed by atoms with Crippen molar-refractivity contribution < 1.29 is 4.79 Å². The van der Waals surface area contributed by atoms with Gasteiger partial charge in [-0.15, -0.1) is 5.10 Å². The van der Waals surface area contributed by atoms with Crippen molar-refractivity contribution in [2.45, 2.75) is 44.7 Å². The normalized spacial score (nSPS) is 21.0. The van der Waals surface area contributed by atoms with Crippen LogP contribution in [0.5, 0.6) is 0 Å². The van der Waals surface area contributed by atoms with Gasteiger partial charge in [-0.3, -0.25) is 4.79 Å². The number of anilines is 1. The van der Waals surface area contributed by atoms with Gasteiger partial charge in [0.2, 0.25) is 11.9 Å². The molecule has 4 aromatic rings. The number of aromatic amines is 1. The zero-order valence-electron chi connectivity index (χ0n) is 17.2. The van der Waals surface area contributed by atoms with E-state index in [1.165, 1.54) is 0 Å². The molecule has 9 nitrogen and oxygen atoms in total. The second kappa shape index (κ2) is 6.79. The lowest BCUT2D eigenvalue weighted by Crippen LogP contribution is -2.59. The van der Waals surface area contributed by atoms with Gasteiger partial charge < -0.3 is 15.6 Å². The molecular weight excluding hydrogens is 380 g/mol. The quantitative estimate of drug-likeness (QED) is 0.471. The third-order valence-electron chi connectivity index (χ3n) is 5.84. The van der Waals surface area contributed by atoms with Crippen LogP contribution in [0.1, 0.15) is 33.1 Å². The average Bonchev–Trinajstić information content (AvgIpc) is 3.29. The minimum Gasteiger partial charge on any atom is -0.351 e. The minimum atomic E-state index is -0.145. The van der Waals surface area contributed by atoms with Crippen molar-refractivity contribution in [3.05, 3.63) is 30.6 Å². The number of hydrogen-bond donors (Lipinski definition) is 3. The molecule has 1 fully saturated rings. The van der Waals surface area contributed by atoms with Crippen LogP contribution in [-0.4, -0.2) is 47.4 Å². The summed E-state index contributed by atoms with van der Waals surface area (Å²) in [7, 11) is 1.88. The number of benzene rings is 1. The Bertz CT molecular complexity index is 1250. The van der Waals surface area contributed by atoms with Gasteiger partial charge in [0.05, 0.1) is 5.52 Å². The first-order valence-corrected chi connectivity index (χ1v) is 10.2. The van der Waals surface area contributed by atoms with Crippen molar-refractivity contribution >= 4 is 33.9 Å². The molecule has 0 saturated heterocycles. The summed E-state index contributed by atoms with van der Waals surface area (Å²) in [6.45, 7) is 3.95. The van der Waals surface area contributed by atoms with Gasteiger partial charge in [-0.1, -0.05) is 18.2 Å². The number of nitrogens with one attached hydrogen (secondary N) is 3. The Kier molecular flexibility index (Phi) is 4.19. The SMILES string of the molecule is CCC(=O)NC1(C)CC(Nc2ncc3c(-c4ccc5nnn(C)c5c4)c[nH]c3n2)C1. The van der Waals surface area contributed by atoms with Crippen molar-refractivity contribution in [2.24, 2.45) is 7.05 Å². The van der Waals surface area contributed by atoms with Crippen molar-refractivity contribution in [2.75, 3.05) is 5.32 Å². The molecule has 0 unspecified atom stereocenters. The van der Waals surface area contributed by atoms with Gasteiger partial charge >= 0.3 is 0 Å². The van der Waals surface area contributed by atoms with Crippen LogP contribution in [0.25, 0.3) is 33.2 Å². The summed E-state index contributed by atoms with van der Waals surface area (Å²) in [4.78, 5) is 24.1. The van der Waals surface area contributed by atoms with Gasteiger partial charge in [-0.2, -0.15) is 4.98 Å². The lowest BCUT2D eigenvalue weighted by molar-refractivity contribution is -0.123. The van der Waals surface area contributed by atoms with Crippen molar-refractivity contribution in [1.82, 2.24) is 35.3 Å². The summed E-state index contributed by atoms with van der Waals surface area (Å²) in [6.07, 6.45) is 6.02. The molecule has 1 aromatic carbocycles. The highest BCUT2D eigenvalue weighted by atomic mass is 16.1. The van der Waals surface area contributed by atoms with E-state index in [1.807, 2.05) is 38.5 Å². The van der Waals surface area contributed by atoms with E-state index in [0.717, 1.165) is 46.0 Å². The smallest absolute Gasteiger partial charge is 0.224 e. The molecule has 9 heteroatoms. The van der Waals surface area contributed by atoms with E-state index in [-0.39, 0.29) is 17.5 Å². The van der Waals surface area contributed by atoms with Crippen molar-refractivity contribution in [3.8, 4) is 11.1 Å². The molecule has 1 aliphatic rings. The molecule has 0 radical (unpaired) electrons. The molecule has 0 atom stereocenters. The maximum absolute atomic E-state index is 11.7. The first kappa shape index (κ1) is 18.5. The summed E-state index contributed by atoms with van der Waals surface area (Å²) < 4.78 is 1.77. The highest BCUT2D eigenvalue weighted by Crippen LogP contribution is 2.34. The van der Waals surface area contributed by atoms with Crippen molar-refractivity contribution in [1.29, 1.82) is 0 Å². The number of aryl methyl sites for hydroxylation is 1. The number of nitrogens with zero attached hydrogens (tertiary/aromatic N) is 5. The van der Waals surface area contributed by atoms with Crippen LogP contribution in [0, 0.1) is 0 Å². The summed E-state index contributed by atoms with van der Waals surface area (Å²) in [6, 6.07) is 6.33. The fraction of sp³-hybridized carbons (Fsp3) is 0.381. The zero-order valence-corrected chi connectivity index (χ0v) is 17.2. The van der Waals surface area contributed by atoms with Crippen LogP contribution in [0.2, 0.25) is 0 Å². The van der Waals surface area contributed by atoms with E-state index in [1.54, 1.807) is 4.68 Å². The third-order valence-corrected chi connectivity index (χ3v) is 5.84. The van der Waals surface area contributed by atoms with Gasteiger partial charge in [0.15, 0.2) is 0 Å². The van der Waals surface area contributed by atoms with E-state index >= 15 is 0 Å². The van der Waals surface area contributed by atoms with Crippen LogP contribution in [0.4, 0.5) is 5.95 Å². The maximum atomic E-state index is 11.7. The first-order valence-electron chi connectivity index (χ1n) is 10.2. The molecule has 1 aliphatic carbocycles. The number of fused-ring (bicyclic) bond motifs is 2. The molecular formula is C21H24N8O. The van der Waals surface area contributed by atoms with E-state index < -0.39 is 0 Å². The lowest BCUT2D eigenvalue weighted by Gasteiger charge is -2.45. The Morgan fingerprint density at radius 3 is 3.00 bits per heavy atom. The van der Waals surface area contributed by atoms with Gasteiger partial charge in [0, 0.05) is 48.4 Å². The van der Waals surface area contributed by atoms with Crippen molar-refractivity contribution in [3.63, 3.8) is 0 Å². The number of amides is 1. The van der Waals surface area contributed by atoms with Crippen LogP contribution in [0.3, 0.4) is 0 Å². The van der Waals surface area contributed by atoms with Crippen LogP contribution < -0.4 is 10.6 Å². The van der Waals surface area contributed by atoms with Gasteiger partial charge in [0.1, 0.15) is 11.2 Å². The molecule has 154 valence electrons. The predicted molar refractivity (Wildman–Crippen MR) is 115 cm³/mol. The maximum Gasteiger partial charge on any atom is 0.224 e. The molecule has 0 spiro atoms. The monoisotopic (exact) mass is 404 g/mol. The van der Waals surface area contributed by atoms with Crippen LogP contribution in [-0.2, 0) is 11.8 Å². The number of aromatic nitrogens is 6. The van der Waals surface area contributed by atoms with E-state index in [4.69, 9.17) is 0 Å². The molecule has 3 N–H and O–H groups in total. The number of H-pyrrole nitrogens is 1. The highest BCUT2D eigenvalue weighted by Gasteiger charge is 2.41. The van der Waals surface area contributed by atoms with Gasteiger partial charge in [-0.05, 0) is 37.5 Å². The number of rotatable bonds is 5.